The fraction of sp³-hybridized carbons (Fsp3) is 0.429. The number of rotatable bonds is 2. The molecule has 1 aliphatic carbocycles. The van der Waals surface area contributed by atoms with E-state index in [0.717, 1.165) is 23.4 Å². The van der Waals surface area contributed by atoms with E-state index in [2.05, 4.69) is 27.4 Å². The molecule has 18 heavy (non-hydrogen) atoms. The second kappa shape index (κ2) is 4.80. The van der Waals surface area contributed by atoms with E-state index in [9.17, 15) is 0 Å². The molecule has 0 saturated heterocycles. The van der Waals surface area contributed by atoms with Gasteiger partial charge in [-0.2, -0.15) is 5.10 Å². The minimum absolute atomic E-state index is 0.593. The highest BCUT2D eigenvalue weighted by Gasteiger charge is 2.15. The highest BCUT2D eigenvalue weighted by Crippen LogP contribution is 2.21. The first-order valence-electron chi connectivity index (χ1n) is 6.60. The van der Waals surface area contributed by atoms with E-state index >= 15 is 0 Å². The van der Waals surface area contributed by atoms with Crippen molar-refractivity contribution in [3.8, 4) is 0 Å². The number of fused-ring (bicyclic) bond motifs is 1. The Labute approximate surface area is 107 Å². The summed E-state index contributed by atoms with van der Waals surface area (Å²) >= 11 is 0. The molecule has 1 unspecified atom stereocenters. The number of anilines is 1. The van der Waals surface area contributed by atoms with E-state index in [4.69, 9.17) is 0 Å². The summed E-state index contributed by atoms with van der Waals surface area (Å²) in [7, 11) is 0. The number of benzene rings is 1. The molecule has 2 aromatic rings. The lowest BCUT2D eigenvalue weighted by atomic mass is 9.89. The van der Waals surface area contributed by atoms with Gasteiger partial charge in [0.25, 0.3) is 0 Å². The lowest BCUT2D eigenvalue weighted by molar-refractivity contribution is 0.558. The number of H-pyrrole nitrogens is 1. The minimum Gasteiger partial charge on any atom is -0.323 e. The van der Waals surface area contributed by atoms with Gasteiger partial charge in [0.1, 0.15) is 0 Å². The quantitative estimate of drug-likeness (QED) is 0.791. The first-order valence-corrected chi connectivity index (χ1v) is 6.60. The summed E-state index contributed by atoms with van der Waals surface area (Å²) in [5.74, 6) is 1.32. The van der Waals surface area contributed by atoms with Gasteiger partial charge >= 0.3 is 0 Å². The predicted octanol–water partition coefficient (Wildman–Crippen LogP) is 3.54. The van der Waals surface area contributed by atoms with Crippen LogP contribution in [-0.2, 0) is 0 Å². The van der Waals surface area contributed by atoms with Crippen LogP contribution in [-0.4, -0.2) is 15.7 Å². The number of hydrogen-bond acceptors (Lipinski definition) is 3. The smallest absolute Gasteiger partial charge is 0.222 e. The van der Waals surface area contributed by atoms with Gasteiger partial charge in [0.2, 0.25) is 5.95 Å². The lowest BCUT2D eigenvalue weighted by Crippen LogP contribution is -2.17. The topological polar surface area (TPSA) is 53.1 Å². The first-order chi connectivity index (χ1) is 8.83. The molecule has 1 fully saturated rings. The molecule has 4 heteroatoms. The van der Waals surface area contributed by atoms with Crippen LogP contribution in [0.25, 0.3) is 11.0 Å². The van der Waals surface area contributed by atoms with Crippen molar-refractivity contribution >= 4 is 22.7 Å². The molecule has 3 rings (SSSR count). The maximum Gasteiger partial charge on any atom is 0.222 e. The standard InChI is InChI=1S/C14H18N4/c1-10-6-2-3-7-11(10)17-18-14-15-12-8-4-5-9-13(12)16-14/h4-5,8-10H,2-3,6-7H2,1H3,(H2,15,16,18). The van der Waals surface area contributed by atoms with Crippen LogP contribution in [0.4, 0.5) is 5.95 Å². The Morgan fingerprint density at radius 3 is 3.06 bits per heavy atom. The summed E-state index contributed by atoms with van der Waals surface area (Å²) < 4.78 is 0. The van der Waals surface area contributed by atoms with Crippen LogP contribution in [0, 0.1) is 5.92 Å². The van der Waals surface area contributed by atoms with Crippen LogP contribution in [0.3, 0.4) is 0 Å². The lowest BCUT2D eigenvalue weighted by Gasteiger charge is -2.19. The van der Waals surface area contributed by atoms with Gasteiger partial charge in [-0.1, -0.05) is 25.5 Å². The third kappa shape index (κ3) is 2.23. The van der Waals surface area contributed by atoms with Crippen molar-refractivity contribution in [2.24, 2.45) is 11.0 Å². The Balaban J connectivity index is 1.77. The van der Waals surface area contributed by atoms with Crippen molar-refractivity contribution in [3.63, 3.8) is 0 Å². The first kappa shape index (κ1) is 11.3. The Hall–Kier alpha value is -1.84. The summed E-state index contributed by atoms with van der Waals surface area (Å²) in [5, 5.41) is 4.50. The molecular formula is C14H18N4. The normalized spacial score (nSPS) is 22.5. The molecule has 2 N–H and O–H groups in total. The predicted molar refractivity (Wildman–Crippen MR) is 74.8 cm³/mol. The average Bonchev–Trinajstić information content (AvgIpc) is 2.80. The molecular weight excluding hydrogens is 224 g/mol. The van der Waals surface area contributed by atoms with E-state index in [1.807, 2.05) is 24.3 Å². The number of aromatic amines is 1. The van der Waals surface area contributed by atoms with Crippen molar-refractivity contribution in [1.29, 1.82) is 0 Å². The molecule has 1 aliphatic rings. The third-order valence-corrected chi connectivity index (χ3v) is 3.58. The zero-order valence-electron chi connectivity index (χ0n) is 10.6. The zero-order chi connectivity index (χ0) is 12.4. The third-order valence-electron chi connectivity index (χ3n) is 3.58. The number of nitrogens with one attached hydrogen (secondary N) is 2. The van der Waals surface area contributed by atoms with Crippen molar-refractivity contribution < 1.29 is 0 Å². The molecule has 1 saturated carbocycles. The van der Waals surface area contributed by atoms with Crippen LogP contribution in [0.15, 0.2) is 29.4 Å². The monoisotopic (exact) mass is 242 g/mol. The number of hydrogen-bond donors (Lipinski definition) is 2. The van der Waals surface area contributed by atoms with Crippen molar-refractivity contribution in [1.82, 2.24) is 9.97 Å². The van der Waals surface area contributed by atoms with Crippen LogP contribution in [0.2, 0.25) is 0 Å². The summed E-state index contributed by atoms with van der Waals surface area (Å²) in [5.41, 5.74) is 6.33. The van der Waals surface area contributed by atoms with Crippen molar-refractivity contribution in [2.75, 3.05) is 5.43 Å². The Bertz CT molecular complexity index is 537. The SMILES string of the molecule is CC1CCCCC1=NNc1nc2ccccc2[nH]1. The van der Waals surface area contributed by atoms with Gasteiger partial charge in [0.15, 0.2) is 0 Å². The molecule has 0 bridgehead atoms. The maximum absolute atomic E-state index is 4.50. The Morgan fingerprint density at radius 2 is 2.22 bits per heavy atom. The number of hydrazone groups is 1. The molecule has 4 nitrogen and oxygen atoms in total. The van der Waals surface area contributed by atoms with E-state index in [1.165, 1.54) is 25.0 Å². The molecule has 1 atom stereocenters. The molecule has 1 aromatic carbocycles. The molecule has 94 valence electrons. The van der Waals surface area contributed by atoms with Gasteiger partial charge in [-0.3, -0.25) is 0 Å². The van der Waals surface area contributed by atoms with Crippen LogP contribution >= 0.6 is 0 Å². The van der Waals surface area contributed by atoms with Gasteiger partial charge in [-0.05, 0) is 37.3 Å². The average molecular weight is 242 g/mol. The summed E-state index contributed by atoms with van der Waals surface area (Å²) in [6, 6.07) is 8.00. The molecule has 0 radical (unpaired) electrons. The second-order valence-corrected chi connectivity index (χ2v) is 4.96. The molecule has 0 spiro atoms. The van der Waals surface area contributed by atoms with Gasteiger partial charge < -0.3 is 4.98 Å². The molecule has 1 heterocycles. The van der Waals surface area contributed by atoms with Crippen LogP contribution < -0.4 is 5.43 Å². The minimum atomic E-state index is 0.593. The summed E-state index contributed by atoms with van der Waals surface area (Å²) in [6.45, 7) is 2.25. The summed E-state index contributed by atoms with van der Waals surface area (Å²) in [6.07, 6.45) is 4.94. The van der Waals surface area contributed by atoms with E-state index < -0.39 is 0 Å². The Kier molecular flexibility index (Phi) is 3.00. The highest BCUT2D eigenvalue weighted by atomic mass is 15.4. The van der Waals surface area contributed by atoms with Crippen LogP contribution in [0.5, 0.6) is 0 Å². The van der Waals surface area contributed by atoms with Crippen molar-refractivity contribution in [3.05, 3.63) is 24.3 Å². The fourth-order valence-corrected chi connectivity index (χ4v) is 2.47. The number of nitrogens with zero attached hydrogens (tertiary/aromatic N) is 2. The highest BCUT2D eigenvalue weighted by molar-refractivity contribution is 5.87. The number of para-hydroxylation sites is 2. The largest absolute Gasteiger partial charge is 0.323 e. The molecule has 1 aromatic heterocycles. The molecule has 0 amide bonds. The number of imidazole rings is 1. The van der Waals surface area contributed by atoms with E-state index in [1.54, 1.807) is 0 Å². The molecule has 0 aliphatic heterocycles. The van der Waals surface area contributed by atoms with Gasteiger partial charge in [-0.25, -0.2) is 10.4 Å². The fourth-order valence-electron chi connectivity index (χ4n) is 2.47. The maximum atomic E-state index is 4.50. The number of aromatic nitrogens is 2. The second-order valence-electron chi connectivity index (χ2n) is 4.96. The van der Waals surface area contributed by atoms with E-state index in [-0.39, 0.29) is 0 Å². The van der Waals surface area contributed by atoms with E-state index in [0.29, 0.717) is 5.92 Å². The zero-order valence-corrected chi connectivity index (χ0v) is 10.6. The van der Waals surface area contributed by atoms with Gasteiger partial charge in [0.05, 0.1) is 11.0 Å². The summed E-state index contributed by atoms with van der Waals surface area (Å²) in [4.78, 5) is 7.67. The van der Waals surface area contributed by atoms with Gasteiger partial charge in [-0.15, -0.1) is 0 Å². The Morgan fingerprint density at radius 1 is 1.33 bits per heavy atom. The van der Waals surface area contributed by atoms with Crippen LogP contribution in [0.1, 0.15) is 32.6 Å². The van der Waals surface area contributed by atoms with Gasteiger partial charge in [0, 0.05) is 5.71 Å². The van der Waals surface area contributed by atoms with Crippen molar-refractivity contribution in [2.45, 2.75) is 32.6 Å².